The average Bonchev–Trinajstić information content (AvgIpc) is 2.17. The zero-order valence-electron chi connectivity index (χ0n) is 8.60. The average molecular weight is 238 g/mol. The second kappa shape index (κ2) is 5.69. The topological polar surface area (TPSA) is 97.7 Å². The first-order valence-corrected chi connectivity index (χ1v) is 6.17. The van der Waals surface area contributed by atoms with Crippen molar-refractivity contribution in [3.63, 3.8) is 0 Å². The largest absolute Gasteiger partial charge is 0.481 e. The molecule has 88 valence electrons. The first-order chi connectivity index (χ1) is 6.84. The Bertz CT molecular complexity index is 331. The summed E-state index contributed by atoms with van der Waals surface area (Å²) in [6.07, 6.45) is -0.252. The molecule has 0 fully saturated rings. The predicted octanol–water partition coefficient (Wildman–Crippen LogP) is -0.315. The van der Waals surface area contributed by atoms with Crippen LogP contribution in [0.3, 0.4) is 0 Å². The lowest BCUT2D eigenvalue weighted by Gasteiger charge is -2.09. The van der Waals surface area contributed by atoms with E-state index in [1.54, 1.807) is 0 Å². The molecule has 0 bridgehead atoms. The maximum atomic E-state index is 11.1. The number of hydrogen-bond donors (Lipinski definition) is 1. The minimum Gasteiger partial charge on any atom is -0.481 e. The van der Waals surface area contributed by atoms with Gasteiger partial charge in [0, 0.05) is 5.75 Å². The second-order valence-corrected chi connectivity index (χ2v) is 5.41. The minimum atomic E-state index is -3.26. The molecule has 0 heterocycles. The van der Waals surface area contributed by atoms with E-state index in [9.17, 15) is 18.0 Å². The van der Waals surface area contributed by atoms with Gasteiger partial charge in [0.15, 0.2) is 5.92 Å². The highest BCUT2D eigenvalue weighted by molar-refractivity contribution is 7.91. The molecule has 0 saturated carbocycles. The number of hydrogen-bond acceptors (Lipinski definition) is 5. The third-order valence-corrected chi connectivity index (χ3v) is 3.68. The van der Waals surface area contributed by atoms with E-state index >= 15 is 0 Å². The van der Waals surface area contributed by atoms with Gasteiger partial charge in [0.05, 0.1) is 12.9 Å². The highest BCUT2D eigenvalue weighted by Gasteiger charge is 2.28. The number of rotatable bonds is 6. The number of ether oxygens (including phenoxy) is 1. The maximum absolute atomic E-state index is 11.1. The Morgan fingerprint density at radius 1 is 1.40 bits per heavy atom. The van der Waals surface area contributed by atoms with E-state index in [4.69, 9.17) is 5.11 Å². The normalized spacial score (nSPS) is 13.2. The van der Waals surface area contributed by atoms with Crippen molar-refractivity contribution in [1.82, 2.24) is 0 Å². The van der Waals surface area contributed by atoms with Crippen LogP contribution in [0.4, 0.5) is 0 Å². The van der Waals surface area contributed by atoms with Gasteiger partial charge in [0.2, 0.25) is 0 Å². The monoisotopic (exact) mass is 238 g/mol. The van der Waals surface area contributed by atoms with Crippen molar-refractivity contribution >= 4 is 21.8 Å². The lowest BCUT2D eigenvalue weighted by atomic mass is 10.1. The predicted molar refractivity (Wildman–Crippen MR) is 52.1 cm³/mol. The lowest BCUT2D eigenvalue weighted by Crippen LogP contribution is -2.27. The Hall–Kier alpha value is -1.11. The molecule has 15 heavy (non-hydrogen) atoms. The number of methoxy groups -OCH3 is 1. The number of aliphatic carboxylic acids is 1. The van der Waals surface area contributed by atoms with Crippen LogP contribution >= 0.6 is 0 Å². The van der Waals surface area contributed by atoms with Gasteiger partial charge in [-0.2, -0.15) is 0 Å². The number of sulfone groups is 1. The maximum Gasteiger partial charge on any atom is 0.320 e. The van der Waals surface area contributed by atoms with Crippen molar-refractivity contribution in [2.45, 2.75) is 13.3 Å². The molecule has 0 saturated heterocycles. The van der Waals surface area contributed by atoms with Crippen LogP contribution in [0.5, 0.6) is 0 Å². The molecule has 1 unspecified atom stereocenters. The first-order valence-electron chi connectivity index (χ1n) is 4.35. The van der Waals surface area contributed by atoms with Crippen molar-refractivity contribution in [3.05, 3.63) is 0 Å². The fourth-order valence-corrected chi connectivity index (χ4v) is 1.81. The summed E-state index contributed by atoms with van der Waals surface area (Å²) in [5.41, 5.74) is 0. The molecule has 0 spiro atoms. The van der Waals surface area contributed by atoms with Crippen LogP contribution < -0.4 is 0 Å². The number of carboxylic acid groups (broad SMARTS) is 1. The summed E-state index contributed by atoms with van der Waals surface area (Å²) < 4.78 is 26.4. The summed E-state index contributed by atoms with van der Waals surface area (Å²) in [6, 6.07) is 0. The molecule has 0 amide bonds. The zero-order chi connectivity index (χ0) is 12.1. The van der Waals surface area contributed by atoms with Crippen molar-refractivity contribution in [2.75, 3.05) is 18.6 Å². The van der Waals surface area contributed by atoms with Crippen LogP contribution in [-0.2, 0) is 24.2 Å². The lowest BCUT2D eigenvalue weighted by molar-refractivity contribution is -0.156. The van der Waals surface area contributed by atoms with E-state index in [1.807, 2.05) is 0 Å². The highest BCUT2D eigenvalue weighted by Crippen LogP contribution is 2.08. The standard InChI is InChI=1S/C8H14O6S/c1-3-15(12,13)5-4-6(7(9)10)8(11)14-2/h6H,3-5H2,1-2H3,(H,9,10). The number of carbonyl (C=O) groups excluding carboxylic acids is 1. The van der Waals surface area contributed by atoms with Crippen LogP contribution in [0.1, 0.15) is 13.3 Å². The molecule has 0 aromatic carbocycles. The molecule has 0 aromatic rings. The van der Waals surface area contributed by atoms with Crippen molar-refractivity contribution in [1.29, 1.82) is 0 Å². The molecule has 0 rings (SSSR count). The van der Waals surface area contributed by atoms with Gasteiger partial charge in [-0.1, -0.05) is 6.92 Å². The van der Waals surface area contributed by atoms with Gasteiger partial charge < -0.3 is 9.84 Å². The highest BCUT2D eigenvalue weighted by atomic mass is 32.2. The van der Waals surface area contributed by atoms with E-state index in [0.29, 0.717) is 0 Å². The van der Waals surface area contributed by atoms with Crippen molar-refractivity contribution in [3.8, 4) is 0 Å². The molecular formula is C8H14O6S. The summed E-state index contributed by atoms with van der Waals surface area (Å²) in [5, 5.41) is 8.65. The van der Waals surface area contributed by atoms with Crippen LogP contribution in [0.25, 0.3) is 0 Å². The minimum absolute atomic E-state index is 0.0689. The van der Waals surface area contributed by atoms with Gasteiger partial charge in [-0.05, 0) is 6.42 Å². The van der Waals surface area contributed by atoms with Gasteiger partial charge in [0.25, 0.3) is 0 Å². The molecule has 0 aliphatic rings. The Morgan fingerprint density at radius 3 is 2.27 bits per heavy atom. The Labute approximate surface area is 88.2 Å². The summed E-state index contributed by atoms with van der Waals surface area (Å²) in [7, 11) is -2.20. The van der Waals surface area contributed by atoms with E-state index in [-0.39, 0.29) is 17.9 Å². The quantitative estimate of drug-likeness (QED) is 0.503. The molecule has 7 heteroatoms. The zero-order valence-corrected chi connectivity index (χ0v) is 9.41. The fraction of sp³-hybridized carbons (Fsp3) is 0.750. The van der Waals surface area contributed by atoms with E-state index in [0.717, 1.165) is 7.11 Å². The SMILES string of the molecule is CCS(=O)(=O)CCC(C(=O)O)C(=O)OC. The molecule has 0 aromatic heterocycles. The van der Waals surface area contributed by atoms with Crippen LogP contribution in [0, 0.1) is 5.92 Å². The van der Waals surface area contributed by atoms with Gasteiger partial charge in [-0.25, -0.2) is 8.42 Å². The van der Waals surface area contributed by atoms with Gasteiger partial charge in [0.1, 0.15) is 9.84 Å². The van der Waals surface area contributed by atoms with Crippen molar-refractivity contribution in [2.24, 2.45) is 5.92 Å². The molecule has 1 N–H and O–H groups in total. The number of carbonyl (C=O) groups is 2. The molecule has 0 aliphatic carbocycles. The Balaban J connectivity index is 4.46. The van der Waals surface area contributed by atoms with Gasteiger partial charge in [-0.15, -0.1) is 0 Å². The van der Waals surface area contributed by atoms with E-state index in [1.165, 1.54) is 6.92 Å². The van der Waals surface area contributed by atoms with Crippen LogP contribution in [0.2, 0.25) is 0 Å². The van der Waals surface area contributed by atoms with Gasteiger partial charge >= 0.3 is 11.9 Å². The smallest absolute Gasteiger partial charge is 0.320 e. The third-order valence-electron chi connectivity index (χ3n) is 1.94. The third kappa shape index (κ3) is 4.78. The fourth-order valence-electron chi connectivity index (χ4n) is 0.926. The number of esters is 1. The summed E-state index contributed by atoms with van der Waals surface area (Å²) in [4.78, 5) is 21.6. The Morgan fingerprint density at radius 2 is 1.93 bits per heavy atom. The second-order valence-electron chi connectivity index (χ2n) is 2.94. The van der Waals surface area contributed by atoms with Crippen molar-refractivity contribution < 1.29 is 27.9 Å². The van der Waals surface area contributed by atoms with E-state index < -0.39 is 27.7 Å². The molecule has 1 atom stereocenters. The molecule has 6 nitrogen and oxygen atoms in total. The summed E-state index contributed by atoms with van der Waals surface area (Å²) in [5.74, 6) is -4.09. The molecule has 0 radical (unpaired) electrons. The van der Waals surface area contributed by atoms with Crippen LogP contribution in [0.15, 0.2) is 0 Å². The van der Waals surface area contributed by atoms with E-state index in [2.05, 4.69) is 4.74 Å². The summed E-state index contributed by atoms with van der Waals surface area (Å²) in [6.45, 7) is 1.46. The first kappa shape index (κ1) is 13.9. The summed E-state index contributed by atoms with van der Waals surface area (Å²) >= 11 is 0. The molecular weight excluding hydrogens is 224 g/mol. The van der Waals surface area contributed by atoms with Gasteiger partial charge in [-0.3, -0.25) is 9.59 Å². The number of carboxylic acids is 1. The van der Waals surface area contributed by atoms with Crippen LogP contribution in [-0.4, -0.2) is 44.1 Å². The molecule has 0 aliphatic heterocycles. The Kier molecular flexibility index (Phi) is 5.27.